The summed E-state index contributed by atoms with van der Waals surface area (Å²) < 4.78 is 23.0. The number of carboxylic acids is 1. The molecule has 101 heavy (non-hydrogen) atoms. The van der Waals surface area contributed by atoms with Crippen molar-refractivity contribution in [2.75, 3.05) is 47.5 Å². The lowest BCUT2D eigenvalue weighted by atomic mass is 10.0. The van der Waals surface area contributed by atoms with Gasteiger partial charge in [0.2, 0.25) is 0 Å². The summed E-state index contributed by atoms with van der Waals surface area (Å²) in [7, 11) is 5.96. The van der Waals surface area contributed by atoms with Crippen molar-refractivity contribution in [2.45, 2.75) is 347 Å². The molecule has 574 valence electrons. The minimum Gasteiger partial charge on any atom is -0.477 e. The zero-order valence-corrected chi connectivity index (χ0v) is 65.8. The number of hydrogen-bond donors (Lipinski definition) is 1. The van der Waals surface area contributed by atoms with E-state index in [4.69, 9.17) is 18.9 Å². The van der Waals surface area contributed by atoms with Crippen LogP contribution in [0.25, 0.3) is 0 Å². The van der Waals surface area contributed by atoms with Gasteiger partial charge in [0.1, 0.15) is 13.2 Å². The van der Waals surface area contributed by atoms with Crippen molar-refractivity contribution in [1.29, 1.82) is 0 Å². The predicted octanol–water partition coefficient (Wildman–Crippen LogP) is 26.9. The molecule has 2 unspecified atom stereocenters. The number of carboxylic acid groups (broad SMARTS) is 1. The van der Waals surface area contributed by atoms with E-state index in [-0.39, 0.29) is 38.6 Å². The summed E-state index contributed by atoms with van der Waals surface area (Å²) in [5.74, 6) is -2.07. The molecule has 1 N–H and O–H groups in total. The van der Waals surface area contributed by atoms with Gasteiger partial charge in [-0.2, -0.15) is 0 Å². The fourth-order valence-corrected chi connectivity index (χ4v) is 11.2. The Kier molecular flexibility index (Phi) is 76.1. The fraction of sp³-hybridized carbons (Fsp3) is 0.663. The van der Waals surface area contributed by atoms with Gasteiger partial charge < -0.3 is 28.5 Å². The topological polar surface area (TPSA) is 108 Å². The molecule has 0 amide bonds. The van der Waals surface area contributed by atoms with Gasteiger partial charge in [-0.3, -0.25) is 9.59 Å². The van der Waals surface area contributed by atoms with Crippen LogP contribution < -0.4 is 0 Å². The molecule has 0 aliphatic rings. The van der Waals surface area contributed by atoms with Gasteiger partial charge in [-0.1, -0.05) is 357 Å². The summed E-state index contributed by atoms with van der Waals surface area (Å²) in [6.07, 6.45) is 118. The molecule has 0 heterocycles. The van der Waals surface area contributed by atoms with Crippen molar-refractivity contribution >= 4 is 17.9 Å². The Bertz CT molecular complexity index is 2280. The smallest absolute Gasteiger partial charge is 0.361 e. The normalized spacial score (nSPS) is 13.6. The van der Waals surface area contributed by atoms with Crippen LogP contribution in [-0.2, 0) is 33.3 Å². The Balaban J connectivity index is 4.13. The van der Waals surface area contributed by atoms with E-state index in [1.165, 1.54) is 186 Å². The second-order valence-corrected chi connectivity index (χ2v) is 28.3. The number of aliphatic carboxylic acids is 1. The first-order valence-corrected chi connectivity index (χ1v) is 41.3. The van der Waals surface area contributed by atoms with Crippen LogP contribution in [0.2, 0.25) is 0 Å². The number of esters is 2. The first kappa shape index (κ1) is 95.6. The SMILES string of the molecule is CC/C=C\C/C=C\C/C=C\C/C=C\C/C=C\C/C=C\C/C=C\C/C=C\C/C=C\C/C=C\C/C=C\C/C=C\CCCCC(=O)OC(COC(=O)CCCCCCCCCCCCCCCCCCCCCCCCCCC/C=C\C/C=C\CCCCCCC)COC(OCC[N+](C)(C)C)C(=O)O. The molecule has 0 rings (SSSR count). The maximum Gasteiger partial charge on any atom is 0.361 e. The Hall–Kier alpha value is -5.35. The lowest BCUT2D eigenvalue weighted by molar-refractivity contribution is -0.870. The molecule has 0 bridgehead atoms. The highest BCUT2D eigenvalue weighted by molar-refractivity contribution is 5.71. The van der Waals surface area contributed by atoms with E-state index in [1.807, 2.05) is 21.1 Å². The van der Waals surface area contributed by atoms with Crippen LogP contribution in [0.5, 0.6) is 0 Å². The minimum absolute atomic E-state index is 0.172. The first-order valence-electron chi connectivity index (χ1n) is 41.3. The van der Waals surface area contributed by atoms with E-state index in [2.05, 4.69) is 184 Å². The Morgan fingerprint density at radius 1 is 0.307 bits per heavy atom. The molecular weight excluding hydrogens is 1250 g/mol. The van der Waals surface area contributed by atoms with Crippen molar-refractivity contribution in [3.05, 3.63) is 170 Å². The third kappa shape index (κ3) is 81.8. The maximum absolute atomic E-state index is 13.0. The third-order valence-electron chi connectivity index (χ3n) is 17.5. The summed E-state index contributed by atoms with van der Waals surface area (Å²) in [6, 6.07) is 0. The summed E-state index contributed by atoms with van der Waals surface area (Å²) in [5, 5.41) is 9.77. The van der Waals surface area contributed by atoms with Gasteiger partial charge in [0.25, 0.3) is 6.29 Å². The van der Waals surface area contributed by atoms with Crippen molar-refractivity contribution < 1.29 is 42.9 Å². The number of ether oxygens (including phenoxy) is 4. The van der Waals surface area contributed by atoms with Crippen molar-refractivity contribution in [1.82, 2.24) is 0 Å². The van der Waals surface area contributed by atoms with E-state index >= 15 is 0 Å². The zero-order valence-electron chi connectivity index (χ0n) is 65.8. The van der Waals surface area contributed by atoms with Crippen molar-refractivity contribution in [2.24, 2.45) is 0 Å². The summed E-state index contributed by atoms with van der Waals surface area (Å²) in [6.45, 7) is 4.72. The predicted molar refractivity (Wildman–Crippen MR) is 437 cm³/mol. The van der Waals surface area contributed by atoms with Crippen LogP contribution in [0.3, 0.4) is 0 Å². The Morgan fingerprint density at radius 2 is 0.564 bits per heavy atom. The summed E-state index contributed by atoms with van der Waals surface area (Å²) in [4.78, 5) is 37.7. The van der Waals surface area contributed by atoms with Crippen molar-refractivity contribution in [3.8, 4) is 0 Å². The van der Waals surface area contributed by atoms with Crippen LogP contribution in [0.1, 0.15) is 335 Å². The van der Waals surface area contributed by atoms with E-state index < -0.39 is 24.3 Å². The quantitative estimate of drug-likeness (QED) is 0.0211. The fourth-order valence-electron chi connectivity index (χ4n) is 11.2. The Labute approximate surface area is 622 Å². The molecule has 9 nitrogen and oxygen atoms in total. The highest BCUT2D eigenvalue weighted by Crippen LogP contribution is 2.18. The second kappa shape index (κ2) is 80.3. The number of likely N-dealkylation sites (N-methyl/N-ethyl adjacent to an activating group) is 1. The van der Waals surface area contributed by atoms with Gasteiger partial charge in [0.05, 0.1) is 34.4 Å². The average Bonchev–Trinajstić information content (AvgIpc) is 1.21. The van der Waals surface area contributed by atoms with Crippen LogP contribution in [0.4, 0.5) is 0 Å². The first-order chi connectivity index (χ1) is 49.6. The van der Waals surface area contributed by atoms with Crippen molar-refractivity contribution in [3.63, 3.8) is 0 Å². The van der Waals surface area contributed by atoms with E-state index in [0.29, 0.717) is 17.4 Å². The summed E-state index contributed by atoms with van der Waals surface area (Å²) >= 11 is 0. The van der Waals surface area contributed by atoms with Gasteiger partial charge in [-0.05, 0) is 135 Å². The van der Waals surface area contributed by atoms with Crippen LogP contribution in [-0.4, -0.2) is 87.4 Å². The average molecular weight is 1400 g/mol. The zero-order chi connectivity index (χ0) is 73.2. The number of allylic oxidation sites excluding steroid dienone is 28. The number of rotatable bonds is 75. The molecule has 0 saturated carbocycles. The van der Waals surface area contributed by atoms with Gasteiger partial charge in [0, 0.05) is 12.8 Å². The number of unbranched alkanes of at least 4 members (excludes halogenated alkanes) is 32. The minimum atomic E-state index is -1.53. The monoisotopic (exact) mass is 1400 g/mol. The number of hydrogen-bond acceptors (Lipinski definition) is 7. The molecule has 0 saturated heterocycles. The lowest BCUT2D eigenvalue weighted by Gasteiger charge is -2.25. The van der Waals surface area contributed by atoms with Gasteiger partial charge in [0.15, 0.2) is 6.10 Å². The summed E-state index contributed by atoms with van der Waals surface area (Å²) in [5.41, 5.74) is 0. The molecule has 9 heteroatoms. The van der Waals surface area contributed by atoms with E-state index in [1.54, 1.807) is 0 Å². The second-order valence-electron chi connectivity index (χ2n) is 28.3. The van der Waals surface area contributed by atoms with E-state index in [0.717, 1.165) is 116 Å². The molecular formula is C92H154NO8+. The molecule has 0 aromatic carbocycles. The number of quaternary nitrogens is 1. The largest absolute Gasteiger partial charge is 0.477 e. The van der Waals surface area contributed by atoms with Crippen LogP contribution >= 0.6 is 0 Å². The number of nitrogens with zero attached hydrogens (tertiary/aromatic N) is 1. The van der Waals surface area contributed by atoms with Gasteiger partial charge in [-0.15, -0.1) is 0 Å². The number of carbonyl (C=O) groups excluding carboxylic acids is 2. The van der Waals surface area contributed by atoms with Crippen LogP contribution in [0, 0.1) is 0 Å². The molecule has 0 fully saturated rings. The van der Waals surface area contributed by atoms with Crippen LogP contribution in [0.15, 0.2) is 170 Å². The molecule has 0 aromatic heterocycles. The lowest BCUT2D eigenvalue weighted by Crippen LogP contribution is -2.40. The molecule has 0 aromatic rings. The standard InChI is InChI=1S/C92H153NO8/c1-6-8-10-12-14-16-18-20-22-24-26-28-30-32-34-36-38-40-42-44-45-47-49-51-53-55-57-59-61-63-65-67-69-71-73-75-77-79-81-83-90(95)101-88(87-100-92(91(96)97)98-85-84-93(3,4)5)86-99-89(94)82-80-78-76-74-72-70-68-66-64-62-60-58-56-54-52-50-48-46-43-41-39-37-35-33-31-29-27-25-23-21-19-17-15-13-11-9-7-2/h8,10,14,16,19-22,25-28,32,34,38,40,44-45,49,51,55,57,61,63,67,69,73,75,88,92H,6-7,9,11-13,15,17-18,23-24,29-31,33,35-37,39,41-43,46-48,50,52-54,56,58-60,62,64-66,68,70-72,74,76-87H2,1-5H3/p+1/b10-8-,16-14-,21-19-,22-20-,27-25-,28-26-,34-32-,40-38-,45-44-,51-49-,57-55-,63-61-,69-67-,75-73-. The molecule has 0 spiro atoms. The Morgan fingerprint density at radius 3 is 0.861 bits per heavy atom. The highest BCUT2D eigenvalue weighted by Gasteiger charge is 2.25. The van der Waals surface area contributed by atoms with E-state index in [9.17, 15) is 19.5 Å². The van der Waals surface area contributed by atoms with Gasteiger partial charge in [-0.25, -0.2) is 4.79 Å². The highest BCUT2D eigenvalue weighted by atomic mass is 16.7. The molecule has 0 aliphatic heterocycles. The molecule has 0 radical (unpaired) electrons. The molecule has 2 atom stereocenters. The molecule has 0 aliphatic carbocycles. The third-order valence-corrected chi connectivity index (χ3v) is 17.5. The maximum atomic E-state index is 13.0. The number of carbonyl (C=O) groups is 3. The van der Waals surface area contributed by atoms with Gasteiger partial charge >= 0.3 is 17.9 Å².